The molecule has 0 unspecified atom stereocenters. The molecular weight excluding hydrogens is 442 g/mol. The number of carbonyl (C=O) groups is 2. The van der Waals surface area contributed by atoms with Crippen molar-refractivity contribution in [2.45, 2.75) is 13.8 Å². The van der Waals surface area contributed by atoms with Crippen molar-refractivity contribution in [1.29, 1.82) is 0 Å². The Morgan fingerprint density at radius 1 is 0.829 bits per heavy atom. The zero-order valence-electron chi connectivity index (χ0n) is 19.1. The fourth-order valence-corrected chi connectivity index (χ4v) is 3.82. The lowest BCUT2D eigenvalue weighted by molar-refractivity contribution is 0.0846. The van der Waals surface area contributed by atoms with Gasteiger partial charge >= 0.3 is 0 Å². The van der Waals surface area contributed by atoms with Crippen LogP contribution in [0.1, 0.15) is 31.8 Å². The van der Waals surface area contributed by atoms with Gasteiger partial charge in [-0.1, -0.05) is 54.1 Å². The van der Waals surface area contributed by atoms with Gasteiger partial charge in [0.25, 0.3) is 17.4 Å². The summed E-state index contributed by atoms with van der Waals surface area (Å²) in [6.07, 6.45) is 2.81. The van der Waals surface area contributed by atoms with Gasteiger partial charge in [-0.2, -0.15) is 0 Å². The summed E-state index contributed by atoms with van der Waals surface area (Å²) in [5.41, 5.74) is 8.92. The van der Waals surface area contributed by atoms with Crippen LogP contribution in [0.3, 0.4) is 0 Å². The van der Waals surface area contributed by atoms with E-state index in [0.717, 1.165) is 16.7 Å². The zero-order chi connectivity index (χ0) is 24.5. The Kier molecular flexibility index (Phi) is 5.54. The van der Waals surface area contributed by atoms with E-state index in [2.05, 4.69) is 20.8 Å². The molecule has 0 aliphatic heterocycles. The molecule has 0 saturated heterocycles. The Morgan fingerprint density at radius 3 is 2.29 bits per heavy atom. The van der Waals surface area contributed by atoms with Crippen molar-refractivity contribution in [3.8, 4) is 11.3 Å². The van der Waals surface area contributed by atoms with Gasteiger partial charge in [0.1, 0.15) is 11.2 Å². The summed E-state index contributed by atoms with van der Waals surface area (Å²) in [5, 5.41) is 0.637. The van der Waals surface area contributed by atoms with E-state index >= 15 is 0 Å². The van der Waals surface area contributed by atoms with Gasteiger partial charge in [-0.05, 0) is 37.6 Å². The van der Waals surface area contributed by atoms with Crippen molar-refractivity contribution in [3.05, 3.63) is 112 Å². The fraction of sp³-hybridized carbons (Fsp3) is 0.0741. The van der Waals surface area contributed by atoms with Crippen LogP contribution in [-0.2, 0) is 0 Å². The van der Waals surface area contributed by atoms with E-state index in [1.165, 1.54) is 10.6 Å². The average molecular weight is 463 g/mol. The van der Waals surface area contributed by atoms with E-state index in [4.69, 9.17) is 0 Å². The van der Waals surface area contributed by atoms with Gasteiger partial charge in [-0.15, -0.1) is 0 Å². The summed E-state index contributed by atoms with van der Waals surface area (Å²) >= 11 is 0. The lowest BCUT2D eigenvalue weighted by Gasteiger charge is -2.12. The predicted molar refractivity (Wildman–Crippen MR) is 133 cm³/mol. The topological polar surface area (TPSA) is 105 Å². The Labute approximate surface area is 200 Å². The molecule has 0 aliphatic rings. The van der Waals surface area contributed by atoms with Crippen molar-refractivity contribution in [2.75, 3.05) is 0 Å². The molecule has 3 aromatic heterocycles. The number of hydrogen-bond donors (Lipinski definition) is 2. The monoisotopic (exact) mass is 463 g/mol. The summed E-state index contributed by atoms with van der Waals surface area (Å²) < 4.78 is 1.30. The highest BCUT2D eigenvalue weighted by molar-refractivity contribution is 6.08. The molecule has 2 aromatic carbocycles. The maximum atomic E-state index is 13.1. The lowest BCUT2D eigenvalue weighted by atomic mass is 10.0. The highest BCUT2D eigenvalue weighted by Crippen LogP contribution is 2.25. The van der Waals surface area contributed by atoms with Crippen LogP contribution in [0.5, 0.6) is 0 Å². The van der Waals surface area contributed by atoms with Crippen molar-refractivity contribution in [2.24, 2.45) is 0 Å². The molecule has 8 nitrogen and oxygen atoms in total. The predicted octanol–water partition coefficient (Wildman–Crippen LogP) is 3.60. The molecule has 5 aromatic rings. The molecule has 0 saturated carbocycles. The van der Waals surface area contributed by atoms with Crippen LogP contribution >= 0.6 is 0 Å². The Bertz CT molecular complexity index is 1670. The second-order valence-electron chi connectivity index (χ2n) is 8.26. The lowest BCUT2D eigenvalue weighted by Crippen LogP contribution is -2.43. The van der Waals surface area contributed by atoms with E-state index in [0.29, 0.717) is 27.8 Å². The Hall–Kier alpha value is -4.85. The molecule has 0 aliphatic carbocycles. The third-order valence-electron chi connectivity index (χ3n) is 5.69. The van der Waals surface area contributed by atoms with E-state index in [9.17, 15) is 14.4 Å². The van der Waals surface area contributed by atoms with Crippen LogP contribution in [0.15, 0.2) is 83.9 Å². The fourth-order valence-electron chi connectivity index (χ4n) is 3.82. The molecule has 0 bridgehead atoms. The first-order valence-electron chi connectivity index (χ1n) is 11.0. The molecule has 0 fully saturated rings. The third kappa shape index (κ3) is 4.24. The van der Waals surface area contributed by atoms with Crippen LogP contribution in [-0.4, -0.2) is 26.2 Å². The van der Waals surface area contributed by atoms with Crippen LogP contribution < -0.4 is 16.4 Å². The first-order valence-corrected chi connectivity index (χ1v) is 11.0. The number of benzene rings is 2. The first-order chi connectivity index (χ1) is 16.9. The van der Waals surface area contributed by atoms with Crippen LogP contribution in [0.2, 0.25) is 0 Å². The molecule has 35 heavy (non-hydrogen) atoms. The molecule has 0 radical (unpaired) electrons. The highest BCUT2D eigenvalue weighted by atomic mass is 16.2. The number of para-hydroxylation sites is 1. The molecular formula is C27H21N5O3. The van der Waals surface area contributed by atoms with Gasteiger partial charge in [0.15, 0.2) is 0 Å². The zero-order valence-corrected chi connectivity index (χ0v) is 19.1. The van der Waals surface area contributed by atoms with Gasteiger partial charge in [0.2, 0.25) is 0 Å². The van der Waals surface area contributed by atoms with Crippen molar-refractivity contribution in [3.63, 3.8) is 0 Å². The summed E-state index contributed by atoms with van der Waals surface area (Å²) in [6.45, 7) is 3.83. The summed E-state index contributed by atoms with van der Waals surface area (Å²) in [5.74, 6) is -1.29. The minimum Gasteiger partial charge on any atom is -0.268 e. The van der Waals surface area contributed by atoms with E-state index in [1.807, 2.05) is 62.4 Å². The molecule has 3 heterocycles. The maximum absolute atomic E-state index is 13.1. The van der Waals surface area contributed by atoms with Crippen LogP contribution in [0, 0.1) is 13.8 Å². The number of hydrazine groups is 1. The number of nitrogens with zero attached hydrogens (tertiary/aromatic N) is 3. The normalized spacial score (nSPS) is 10.9. The number of hydrogen-bond acceptors (Lipinski definition) is 5. The smallest absolute Gasteiger partial charge is 0.268 e. The van der Waals surface area contributed by atoms with Crippen molar-refractivity contribution >= 4 is 28.4 Å². The highest BCUT2D eigenvalue weighted by Gasteiger charge is 2.17. The number of pyridine rings is 2. The number of nitrogens with one attached hydrogen (secondary N) is 2. The molecule has 2 amide bonds. The van der Waals surface area contributed by atoms with E-state index < -0.39 is 17.4 Å². The summed E-state index contributed by atoms with van der Waals surface area (Å²) in [4.78, 5) is 47.5. The summed E-state index contributed by atoms with van der Waals surface area (Å²) in [6, 6.07) is 20.3. The number of aryl methyl sites for hydroxylation is 2. The number of carbonyl (C=O) groups excluding carboxylic acids is 2. The van der Waals surface area contributed by atoms with E-state index in [-0.39, 0.29) is 5.56 Å². The maximum Gasteiger partial charge on any atom is 0.276 e. The molecule has 5 rings (SSSR count). The van der Waals surface area contributed by atoms with Gasteiger partial charge in [-0.25, -0.2) is 9.97 Å². The SMILES string of the molecule is Cc1ccc(-c2cc(C(=O)NNC(=O)c3cnc4ccc(C)cn4c3=O)c3ccccc3n2)cc1. The Morgan fingerprint density at radius 2 is 1.51 bits per heavy atom. The second-order valence-corrected chi connectivity index (χ2v) is 8.26. The van der Waals surface area contributed by atoms with Crippen LogP contribution in [0.25, 0.3) is 27.8 Å². The van der Waals surface area contributed by atoms with Crippen LogP contribution in [0.4, 0.5) is 0 Å². The summed E-state index contributed by atoms with van der Waals surface area (Å²) in [7, 11) is 0. The molecule has 0 atom stereocenters. The minimum absolute atomic E-state index is 0.187. The third-order valence-corrected chi connectivity index (χ3v) is 5.69. The number of rotatable bonds is 3. The number of amides is 2. The van der Waals surface area contributed by atoms with Gasteiger partial charge in [-0.3, -0.25) is 29.6 Å². The van der Waals surface area contributed by atoms with Gasteiger partial charge < -0.3 is 0 Å². The molecule has 172 valence electrons. The first kappa shape index (κ1) is 22.0. The minimum atomic E-state index is -0.760. The average Bonchev–Trinajstić information content (AvgIpc) is 2.87. The second kappa shape index (κ2) is 8.83. The van der Waals surface area contributed by atoms with Crippen molar-refractivity contribution < 1.29 is 9.59 Å². The molecule has 8 heteroatoms. The number of aromatic nitrogens is 3. The largest absolute Gasteiger partial charge is 0.276 e. The van der Waals surface area contributed by atoms with E-state index in [1.54, 1.807) is 24.4 Å². The molecule has 2 N–H and O–H groups in total. The standard InChI is InChI=1S/C27H21N5O3/c1-16-7-10-18(11-8-16)23-13-20(19-5-3-4-6-22(19)29-23)25(33)30-31-26(34)21-14-28-24-12-9-17(2)15-32(24)27(21)35/h3-15H,1-2H3,(H,30,33)(H,31,34). The molecule has 0 spiro atoms. The number of fused-ring (bicyclic) bond motifs is 2. The Balaban J connectivity index is 1.44. The van der Waals surface area contributed by atoms with Gasteiger partial charge in [0, 0.05) is 23.3 Å². The van der Waals surface area contributed by atoms with Gasteiger partial charge in [0.05, 0.1) is 16.8 Å². The quantitative estimate of drug-likeness (QED) is 0.398. The van der Waals surface area contributed by atoms with Crippen molar-refractivity contribution in [1.82, 2.24) is 25.2 Å².